The molecule has 0 saturated carbocycles. The van der Waals surface area contributed by atoms with Crippen molar-refractivity contribution in [3.63, 3.8) is 0 Å². The van der Waals surface area contributed by atoms with Crippen LogP contribution in [0.1, 0.15) is 26.3 Å². The van der Waals surface area contributed by atoms with Gasteiger partial charge in [-0.15, -0.1) is 12.4 Å². The molecule has 0 aliphatic carbocycles. The molecule has 1 N–H and O–H groups in total. The molecule has 0 amide bonds. The van der Waals surface area contributed by atoms with Gasteiger partial charge in [-0.2, -0.15) is 0 Å². The largest absolute Gasteiger partial charge is 0.479 e. The van der Waals surface area contributed by atoms with Crippen LogP contribution in [-0.2, 0) is 25.7 Å². The number of halogens is 1. The fourth-order valence-corrected chi connectivity index (χ4v) is 1.87. The second kappa shape index (κ2) is 8.64. The number of aliphatic carboxylic acids is 1. The van der Waals surface area contributed by atoms with E-state index in [1.807, 2.05) is 18.2 Å². The van der Waals surface area contributed by atoms with Crippen LogP contribution in [0.4, 0.5) is 0 Å². The highest BCUT2D eigenvalue weighted by Crippen LogP contribution is 2.26. The first-order valence-electron chi connectivity index (χ1n) is 6.53. The van der Waals surface area contributed by atoms with Crippen molar-refractivity contribution in [2.24, 2.45) is 5.92 Å². The van der Waals surface area contributed by atoms with Crippen LogP contribution in [0, 0.1) is 5.92 Å². The number of benzene rings is 1. The summed E-state index contributed by atoms with van der Waals surface area (Å²) < 4.78 is 10.4. The second-order valence-electron chi connectivity index (χ2n) is 4.69. The minimum atomic E-state index is -1.98. The van der Waals surface area contributed by atoms with E-state index in [0.29, 0.717) is 0 Å². The maximum absolute atomic E-state index is 12.0. The summed E-state index contributed by atoms with van der Waals surface area (Å²) in [5.74, 6) is -2.75. The Kier molecular flexibility index (Phi) is 7.99. The number of carbonyl (C=O) groups excluding carboxylic acids is 1. The molecule has 0 radical (unpaired) electrons. The smallest absolute Gasteiger partial charge is 0.350 e. The Morgan fingerprint density at radius 3 is 2.24 bits per heavy atom. The monoisotopic (exact) mass is 316 g/mol. The lowest BCUT2D eigenvalue weighted by molar-refractivity contribution is -0.196. The molecule has 6 heteroatoms. The molecule has 0 saturated heterocycles. The van der Waals surface area contributed by atoms with Crippen molar-refractivity contribution >= 4 is 24.3 Å². The molecular weight excluding hydrogens is 296 g/mol. The van der Waals surface area contributed by atoms with E-state index in [-0.39, 0.29) is 25.6 Å². The summed E-state index contributed by atoms with van der Waals surface area (Å²) in [6.45, 7) is 5.01. The van der Waals surface area contributed by atoms with E-state index in [9.17, 15) is 14.7 Å². The molecule has 0 heterocycles. The summed E-state index contributed by atoms with van der Waals surface area (Å²) in [6, 6.07) is 9.10. The van der Waals surface area contributed by atoms with Gasteiger partial charge in [-0.25, -0.2) is 9.59 Å². The van der Waals surface area contributed by atoms with Crippen molar-refractivity contribution in [1.29, 1.82) is 0 Å². The van der Waals surface area contributed by atoms with Gasteiger partial charge in [-0.3, -0.25) is 0 Å². The molecular formula is C15H21ClO5. The molecule has 1 atom stereocenters. The molecule has 0 spiro atoms. The summed E-state index contributed by atoms with van der Waals surface area (Å²) in [7, 11) is 0. The minimum Gasteiger partial charge on any atom is -0.479 e. The quantitative estimate of drug-likeness (QED) is 0.618. The maximum atomic E-state index is 12.0. The highest BCUT2D eigenvalue weighted by Gasteiger charge is 2.52. The molecule has 0 fully saturated rings. The molecule has 1 aromatic rings. The minimum absolute atomic E-state index is 0. The number of carbonyl (C=O) groups is 2. The zero-order valence-corrected chi connectivity index (χ0v) is 13.2. The number of esters is 1. The SMILES string of the molecule is CCOC(=O)[C@@](OCc1ccccc1)(C(=O)O)C(C)C.Cl. The van der Waals surface area contributed by atoms with E-state index >= 15 is 0 Å². The zero-order valence-electron chi connectivity index (χ0n) is 12.4. The lowest BCUT2D eigenvalue weighted by Gasteiger charge is -2.30. The lowest BCUT2D eigenvalue weighted by atomic mass is 9.90. The van der Waals surface area contributed by atoms with Crippen molar-refractivity contribution in [3.8, 4) is 0 Å². The first-order chi connectivity index (χ1) is 9.45. The summed E-state index contributed by atoms with van der Waals surface area (Å²) in [5.41, 5.74) is -1.19. The van der Waals surface area contributed by atoms with Crippen molar-refractivity contribution in [3.05, 3.63) is 35.9 Å². The molecule has 21 heavy (non-hydrogen) atoms. The molecule has 0 bridgehead atoms. The first kappa shape index (κ1) is 19.4. The molecule has 0 aromatic heterocycles. The summed E-state index contributed by atoms with van der Waals surface area (Å²) in [6.07, 6.45) is 0. The Morgan fingerprint density at radius 1 is 1.24 bits per heavy atom. The van der Waals surface area contributed by atoms with E-state index in [0.717, 1.165) is 5.56 Å². The lowest BCUT2D eigenvalue weighted by Crippen LogP contribution is -2.54. The normalized spacial score (nSPS) is 13.1. The highest BCUT2D eigenvalue weighted by molar-refractivity contribution is 6.03. The van der Waals surface area contributed by atoms with E-state index in [1.54, 1.807) is 32.9 Å². The van der Waals surface area contributed by atoms with Crippen LogP contribution in [0.5, 0.6) is 0 Å². The number of carboxylic acids is 1. The molecule has 1 aromatic carbocycles. The van der Waals surface area contributed by atoms with Crippen LogP contribution in [0.25, 0.3) is 0 Å². The summed E-state index contributed by atoms with van der Waals surface area (Å²) >= 11 is 0. The van der Waals surface area contributed by atoms with Crippen molar-refractivity contribution in [2.75, 3.05) is 6.61 Å². The molecule has 0 unspecified atom stereocenters. The van der Waals surface area contributed by atoms with Gasteiger partial charge in [0.15, 0.2) is 0 Å². The van der Waals surface area contributed by atoms with Crippen LogP contribution < -0.4 is 0 Å². The van der Waals surface area contributed by atoms with Gasteiger partial charge < -0.3 is 14.6 Å². The van der Waals surface area contributed by atoms with Gasteiger partial charge >= 0.3 is 11.9 Å². The van der Waals surface area contributed by atoms with Gasteiger partial charge in [0.1, 0.15) is 0 Å². The maximum Gasteiger partial charge on any atom is 0.350 e. The average molecular weight is 317 g/mol. The molecule has 0 aliphatic heterocycles. The van der Waals surface area contributed by atoms with Crippen LogP contribution in [0.3, 0.4) is 0 Å². The molecule has 1 rings (SSSR count). The zero-order chi connectivity index (χ0) is 15.2. The van der Waals surface area contributed by atoms with Crippen molar-refractivity contribution in [2.45, 2.75) is 33.0 Å². The third-order valence-electron chi connectivity index (χ3n) is 3.02. The van der Waals surface area contributed by atoms with Gasteiger partial charge in [0, 0.05) is 5.92 Å². The summed E-state index contributed by atoms with van der Waals surface area (Å²) in [4.78, 5) is 23.6. The third-order valence-corrected chi connectivity index (χ3v) is 3.02. The van der Waals surface area contributed by atoms with Gasteiger partial charge in [-0.05, 0) is 12.5 Å². The number of hydrogen-bond acceptors (Lipinski definition) is 4. The van der Waals surface area contributed by atoms with Crippen molar-refractivity contribution < 1.29 is 24.2 Å². The first-order valence-corrected chi connectivity index (χ1v) is 6.53. The molecule has 118 valence electrons. The predicted molar refractivity (Wildman–Crippen MR) is 80.3 cm³/mol. The van der Waals surface area contributed by atoms with Crippen LogP contribution in [-0.4, -0.2) is 29.3 Å². The molecule has 0 aliphatic rings. The van der Waals surface area contributed by atoms with Crippen molar-refractivity contribution in [1.82, 2.24) is 0 Å². The summed E-state index contributed by atoms with van der Waals surface area (Å²) in [5, 5.41) is 9.44. The Morgan fingerprint density at radius 2 is 1.81 bits per heavy atom. The van der Waals surface area contributed by atoms with E-state index in [2.05, 4.69) is 0 Å². The van der Waals surface area contributed by atoms with Crippen LogP contribution in [0.2, 0.25) is 0 Å². The fraction of sp³-hybridized carbons (Fsp3) is 0.467. The average Bonchev–Trinajstić information content (AvgIpc) is 2.40. The highest BCUT2D eigenvalue weighted by atomic mass is 35.5. The Bertz CT molecular complexity index is 460. The van der Waals surface area contributed by atoms with Gasteiger partial charge in [0.05, 0.1) is 13.2 Å². The van der Waals surface area contributed by atoms with E-state index in [1.165, 1.54) is 0 Å². The Labute approximate surface area is 130 Å². The van der Waals surface area contributed by atoms with Crippen LogP contribution in [0.15, 0.2) is 30.3 Å². The number of carboxylic acid groups (broad SMARTS) is 1. The van der Waals surface area contributed by atoms with Crippen LogP contribution >= 0.6 is 12.4 Å². The molecule has 5 nitrogen and oxygen atoms in total. The topological polar surface area (TPSA) is 72.8 Å². The van der Waals surface area contributed by atoms with Gasteiger partial charge in [0.25, 0.3) is 5.60 Å². The predicted octanol–water partition coefficient (Wildman–Crippen LogP) is 2.67. The third kappa shape index (κ3) is 4.44. The Hall–Kier alpha value is -1.59. The van der Waals surface area contributed by atoms with E-state index < -0.39 is 23.5 Å². The van der Waals surface area contributed by atoms with E-state index in [4.69, 9.17) is 9.47 Å². The Balaban J connectivity index is 0.00000400. The number of rotatable bonds is 7. The fourth-order valence-electron chi connectivity index (χ4n) is 1.87. The van der Waals surface area contributed by atoms with Gasteiger partial charge in [0.2, 0.25) is 0 Å². The standard InChI is InChI=1S/C15H20O5.ClH/c1-4-19-14(18)15(11(2)3,13(16)17)20-10-12-8-6-5-7-9-12;/h5-9,11H,4,10H2,1-3H3,(H,16,17);1H/t15-;/m0./s1. The van der Waals surface area contributed by atoms with Gasteiger partial charge in [-0.1, -0.05) is 44.2 Å². The number of ether oxygens (including phenoxy) is 2. The second-order valence-corrected chi connectivity index (χ2v) is 4.69. The number of hydrogen-bond donors (Lipinski definition) is 1.